The molecule has 25 heavy (non-hydrogen) atoms. The second kappa shape index (κ2) is 8.77. The highest BCUT2D eigenvalue weighted by Gasteiger charge is 2.35. The van der Waals surface area contributed by atoms with Crippen LogP contribution in [0.1, 0.15) is 31.2 Å². The van der Waals surface area contributed by atoms with Crippen LogP contribution in [0.25, 0.3) is 0 Å². The number of hydrogen-bond donors (Lipinski definition) is 1. The second-order valence-electron chi connectivity index (χ2n) is 7.49. The lowest BCUT2D eigenvalue weighted by atomic mass is 9.95. The van der Waals surface area contributed by atoms with Crippen LogP contribution in [-0.4, -0.2) is 60.1 Å². The molecule has 1 amide bonds. The standard InChI is InChI=1S/C20H29FN2O2/c21-19-6-4-5-16(11-19)7-8-20(25)23-13-17(18(14-23)15-24)12-22-9-2-1-3-10-22/h4-6,11,17-18,24H,1-3,7-10,12-15H2/t17-,18-/m1/s1. The van der Waals surface area contributed by atoms with Crippen molar-refractivity contribution in [1.82, 2.24) is 9.80 Å². The Morgan fingerprint density at radius 2 is 1.92 bits per heavy atom. The van der Waals surface area contributed by atoms with E-state index in [0.29, 0.717) is 25.3 Å². The molecule has 0 aliphatic carbocycles. The molecule has 2 aliphatic rings. The van der Waals surface area contributed by atoms with Crippen LogP contribution in [0.5, 0.6) is 0 Å². The van der Waals surface area contributed by atoms with E-state index in [1.54, 1.807) is 6.07 Å². The summed E-state index contributed by atoms with van der Waals surface area (Å²) in [7, 11) is 0. The zero-order valence-electron chi connectivity index (χ0n) is 14.9. The Bertz CT molecular complexity index is 575. The Morgan fingerprint density at radius 1 is 1.16 bits per heavy atom. The Kier molecular flexibility index (Phi) is 6.43. The number of carbonyl (C=O) groups is 1. The lowest BCUT2D eigenvalue weighted by molar-refractivity contribution is -0.130. The normalized spacial score (nSPS) is 24.6. The van der Waals surface area contributed by atoms with Crippen molar-refractivity contribution in [3.05, 3.63) is 35.6 Å². The quantitative estimate of drug-likeness (QED) is 0.858. The number of benzene rings is 1. The molecule has 2 aliphatic heterocycles. The number of aliphatic hydroxyl groups is 1. The van der Waals surface area contributed by atoms with Crippen LogP contribution >= 0.6 is 0 Å². The minimum Gasteiger partial charge on any atom is -0.396 e. The molecular weight excluding hydrogens is 319 g/mol. The first-order valence-corrected chi connectivity index (χ1v) is 9.51. The maximum Gasteiger partial charge on any atom is 0.222 e. The summed E-state index contributed by atoms with van der Waals surface area (Å²) in [6, 6.07) is 6.45. The van der Waals surface area contributed by atoms with Gasteiger partial charge in [-0.3, -0.25) is 4.79 Å². The van der Waals surface area contributed by atoms with Crippen molar-refractivity contribution >= 4 is 5.91 Å². The highest BCUT2D eigenvalue weighted by molar-refractivity contribution is 5.76. The van der Waals surface area contributed by atoms with Gasteiger partial charge in [-0.2, -0.15) is 0 Å². The summed E-state index contributed by atoms with van der Waals surface area (Å²) in [4.78, 5) is 16.9. The molecule has 0 spiro atoms. The van der Waals surface area contributed by atoms with Crippen molar-refractivity contribution in [3.63, 3.8) is 0 Å². The minimum absolute atomic E-state index is 0.115. The minimum atomic E-state index is -0.256. The summed E-state index contributed by atoms with van der Waals surface area (Å²) in [6.45, 7) is 4.80. The van der Waals surface area contributed by atoms with Gasteiger partial charge in [-0.05, 0) is 56.0 Å². The van der Waals surface area contributed by atoms with E-state index in [4.69, 9.17) is 0 Å². The van der Waals surface area contributed by atoms with Crippen molar-refractivity contribution < 1.29 is 14.3 Å². The van der Waals surface area contributed by atoms with Crippen molar-refractivity contribution in [2.24, 2.45) is 11.8 Å². The molecule has 1 N–H and O–H groups in total. The number of piperidine rings is 1. The molecule has 5 heteroatoms. The van der Waals surface area contributed by atoms with Gasteiger partial charge in [-0.15, -0.1) is 0 Å². The molecule has 2 saturated heterocycles. The second-order valence-corrected chi connectivity index (χ2v) is 7.49. The Labute approximate surface area is 149 Å². The van der Waals surface area contributed by atoms with Crippen LogP contribution in [0.4, 0.5) is 4.39 Å². The predicted molar refractivity (Wildman–Crippen MR) is 95.7 cm³/mol. The summed E-state index contributed by atoms with van der Waals surface area (Å²) in [6.07, 6.45) is 4.79. The molecule has 0 radical (unpaired) electrons. The summed E-state index contributed by atoms with van der Waals surface area (Å²) in [5.74, 6) is 0.401. The number of carbonyl (C=O) groups excluding carboxylic acids is 1. The maximum absolute atomic E-state index is 13.2. The summed E-state index contributed by atoms with van der Waals surface area (Å²) in [5, 5.41) is 9.71. The van der Waals surface area contributed by atoms with Gasteiger partial charge < -0.3 is 14.9 Å². The van der Waals surface area contributed by atoms with E-state index in [-0.39, 0.29) is 24.2 Å². The fraction of sp³-hybridized carbons (Fsp3) is 0.650. The third kappa shape index (κ3) is 5.02. The van der Waals surface area contributed by atoms with Crippen molar-refractivity contribution in [2.45, 2.75) is 32.1 Å². The monoisotopic (exact) mass is 348 g/mol. The van der Waals surface area contributed by atoms with Crippen LogP contribution in [-0.2, 0) is 11.2 Å². The van der Waals surface area contributed by atoms with E-state index in [1.807, 2.05) is 11.0 Å². The third-order valence-corrected chi connectivity index (χ3v) is 5.62. The molecule has 2 fully saturated rings. The zero-order chi connectivity index (χ0) is 17.6. The molecule has 2 heterocycles. The number of amides is 1. The largest absolute Gasteiger partial charge is 0.396 e. The first-order valence-electron chi connectivity index (χ1n) is 9.51. The molecule has 0 unspecified atom stereocenters. The molecule has 0 saturated carbocycles. The van der Waals surface area contributed by atoms with Crippen molar-refractivity contribution in [2.75, 3.05) is 39.3 Å². The Hall–Kier alpha value is -1.46. The lowest BCUT2D eigenvalue weighted by Gasteiger charge is -2.30. The molecule has 4 nitrogen and oxygen atoms in total. The highest BCUT2D eigenvalue weighted by Crippen LogP contribution is 2.26. The summed E-state index contributed by atoms with van der Waals surface area (Å²) < 4.78 is 13.2. The van der Waals surface area contributed by atoms with Crippen LogP contribution in [0.2, 0.25) is 0 Å². The molecule has 0 bridgehead atoms. The van der Waals surface area contributed by atoms with E-state index in [0.717, 1.165) is 31.7 Å². The van der Waals surface area contributed by atoms with E-state index < -0.39 is 0 Å². The van der Waals surface area contributed by atoms with Gasteiger partial charge in [0.15, 0.2) is 0 Å². The topological polar surface area (TPSA) is 43.8 Å². The number of rotatable bonds is 6. The number of likely N-dealkylation sites (tertiary alicyclic amines) is 2. The maximum atomic E-state index is 13.2. The number of halogens is 1. The number of hydrogen-bond acceptors (Lipinski definition) is 3. The van der Waals surface area contributed by atoms with Gasteiger partial charge in [0.2, 0.25) is 5.91 Å². The number of aryl methyl sites for hydroxylation is 1. The van der Waals surface area contributed by atoms with Crippen LogP contribution in [0, 0.1) is 17.7 Å². The summed E-state index contributed by atoms with van der Waals surface area (Å²) >= 11 is 0. The van der Waals surface area contributed by atoms with Gasteiger partial charge >= 0.3 is 0 Å². The zero-order valence-corrected chi connectivity index (χ0v) is 14.9. The smallest absolute Gasteiger partial charge is 0.222 e. The van der Waals surface area contributed by atoms with Crippen molar-refractivity contribution in [1.29, 1.82) is 0 Å². The SMILES string of the molecule is O=C(CCc1cccc(F)c1)N1C[C@@H](CN2CCCCC2)[C@@H](CO)C1. The summed E-state index contributed by atoms with van der Waals surface area (Å²) in [5.41, 5.74) is 0.858. The lowest BCUT2D eigenvalue weighted by Crippen LogP contribution is -2.37. The molecular formula is C20H29FN2O2. The van der Waals surface area contributed by atoms with Gasteiger partial charge in [-0.1, -0.05) is 18.6 Å². The van der Waals surface area contributed by atoms with Crippen LogP contribution in [0.3, 0.4) is 0 Å². The van der Waals surface area contributed by atoms with E-state index in [2.05, 4.69) is 4.90 Å². The number of aliphatic hydroxyl groups excluding tert-OH is 1. The van der Waals surface area contributed by atoms with Gasteiger partial charge in [-0.25, -0.2) is 4.39 Å². The first-order chi connectivity index (χ1) is 12.2. The van der Waals surface area contributed by atoms with E-state index in [1.165, 1.54) is 31.4 Å². The molecule has 138 valence electrons. The van der Waals surface area contributed by atoms with E-state index >= 15 is 0 Å². The molecule has 0 aromatic heterocycles. The average Bonchev–Trinajstić information content (AvgIpc) is 3.03. The Balaban J connectivity index is 1.50. The third-order valence-electron chi connectivity index (χ3n) is 5.62. The van der Waals surface area contributed by atoms with Gasteiger partial charge in [0, 0.05) is 38.6 Å². The first kappa shape index (κ1) is 18.3. The molecule has 1 aromatic carbocycles. The molecule has 2 atom stereocenters. The fourth-order valence-electron chi connectivity index (χ4n) is 4.13. The van der Waals surface area contributed by atoms with Gasteiger partial charge in [0.25, 0.3) is 0 Å². The fourth-order valence-corrected chi connectivity index (χ4v) is 4.13. The van der Waals surface area contributed by atoms with Crippen molar-refractivity contribution in [3.8, 4) is 0 Å². The molecule has 3 rings (SSSR count). The Morgan fingerprint density at radius 3 is 2.64 bits per heavy atom. The number of nitrogens with zero attached hydrogens (tertiary/aromatic N) is 2. The van der Waals surface area contributed by atoms with Crippen LogP contribution < -0.4 is 0 Å². The van der Waals surface area contributed by atoms with Crippen LogP contribution in [0.15, 0.2) is 24.3 Å². The van der Waals surface area contributed by atoms with Gasteiger partial charge in [0.05, 0.1) is 0 Å². The van der Waals surface area contributed by atoms with Gasteiger partial charge in [0.1, 0.15) is 5.82 Å². The van der Waals surface area contributed by atoms with E-state index in [9.17, 15) is 14.3 Å². The average molecular weight is 348 g/mol. The highest BCUT2D eigenvalue weighted by atomic mass is 19.1. The molecule has 1 aromatic rings. The predicted octanol–water partition coefficient (Wildman–Crippen LogP) is 2.31.